The number of fused-ring (bicyclic) bond motifs is 1. The average Bonchev–Trinajstić information content (AvgIpc) is 3.19. The van der Waals surface area contributed by atoms with E-state index in [9.17, 15) is 18.0 Å². The Hall–Kier alpha value is -2.45. The van der Waals surface area contributed by atoms with Gasteiger partial charge in [0.25, 0.3) is 5.91 Å². The minimum Gasteiger partial charge on any atom is -0.369 e. The highest BCUT2D eigenvalue weighted by Gasteiger charge is 2.63. The van der Waals surface area contributed by atoms with Crippen molar-refractivity contribution < 1.29 is 27.4 Å². The molecule has 1 aromatic heterocycles. The molecule has 0 bridgehead atoms. The second-order valence-electron chi connectivity index (χ2n) is 8.25. The number of ether oxygens (including phenoxy) is 2. The summed E-state index contributed by atoms with van der Waals surface area (Å²) in [5.74, 6) is -1.93. The van der Waals surface area contributed by atoms with Crippen LogP contribution in [0.25, 0.3) is 0 Å². The zero-order valence-electron chi connectivity index (χ0n) is 16.4. The molecule has 1 aromatic carbocycles. The lowest BCUT2D eigenvalue weighted by molar-refractivity contribution is -0.184. The quantitative estimate of drug-likeness (QED) is 0.747. The zero-order chi connectivity index (χ0) is 21.0. The molecular formula is C22H21F3N2O3. The molecule has 158 valence electrons. The van der Waals surface area contributed by atoms with Gasteiger partial charge in [-0.25, -0.2) is 13.2 Å². The lowest BCUT2D eigenvalue weighted by atomic mass is 9.76. The third kappa shape index (κ3) is 3.09. The molecule has 2 aromatic rings. The van der Waals surface area contributed by atoms with Crippen LogP contribution in [0.3, 0.4) is 0 Å². The van der Waals surface area contributed by atoms with Crippen LogP contribution in [0.2, 0.25) is 0 Å². The van der Waals surface area contributed by atoms with Crippen LogP contribution in [0.15, 0.2) is 36.5 Å². The van der Waals surface area contributed by atoms with Crippen LogP contribution in [0.1, 0.15) is 56.0 Å². The van der Waals surface area contributed by atoms with Gasteiger partial charge in [0.15, 0.2) is 5.60 Å². The van der Waals surface area contributed by atoms with Crippen LogP contribution in [0, 0.1) is 17.5 Å². The molecule has 1 spiro atoms. The van der Waals surface area contributed by atoms with Gasteiger partial charge in [0, 0.05) is 25.1 Å². The molecule has 1 aliphatic carbocycles. The summed E-state index contributed by atoms with van der Waals surface area (Å²) in [4.78, 5) is 18.8. The van der Waals surface area contributed by atoms with E-state index < -0.39 is 41.4 Å². The molecule has 0 unspecified atom stereocenters. The highest BCUT2D eigenvalue weighted by Crippen LogP contribution is 2.52. The van der Waals surface area contributed by atoms with Gasteiger partial charge in [0.1, 0.15) is 29.4 Å². The van der Waals surface area contributed by atoms with Crippen molar-refractivity contribution in [2.75, 3.05) is 0 Å². The van der Waals surface area contributed by atoms with E-state index in [0.29, 0.717) is 31.2 Å². The lowest BCUT2D eigenvalue weighted by Gasteiger charge is -2.43. The van der Waals surface area contributed by atoms with Gasteiger partial charge >= 0.3 is 0 Å². The first-order valence-corrected chi connectivity index (χ1v) is 10.1. The second kappa shape index (κ2) is 7.06. The van der Waals surface area contributed by atoms with Crippen molar-refractivity contribution in [2.45, 2.75) is 62.7 Å². The van der Waals surface area contributed by atoms with Crippen molar-refractivity contribution >= 4 is 5.91 Å². The summed E-state index contributed by atoms with van der Waals surface area (Å²) in [5, 5.41) is 0. The van der Waals surface area contributed by atoms with Crippen molar-refractivity contribution in [3.8, 4) is 0 Å². The molecule has 0 radical (unpaired) electrons. The maximum atomic E-state index is 13.9. The summed E-state index contributed by atoms with van der Waals surface area (Å²) < 4.78 is 53.2. The Balaban J connectivity index is 1.27. The summed E-state index contributed by atoms with van der Waals surface area (Å²) >= 11 is 0. The Labute approximate surface area is 171 Å². The van der Waals surface area contributed by atoms with Gasteiger partial charge in [-0.15, -0.1) is 0 Å². The topological polar surface area (TPSA) is 51.7 Å². The number of nitrogens with zero attached hydrogens (tertiary/aromatic N) is 2. The third-order valence-corrected chi connectivity index (χ3v) is 6.27. The van der Waals surface area contributed by atoms with Crippen LogP contribution in [-0.2, 0) is 14.3 Å². The molecule has 3 heterocycles. The standard InChI is InChI=1S/C22H21F3N2O3/c1-12(20-17(25)3-2-6-26-20)29-16-10-22(11-16)21(28)27-18(4-5-19(27)30-22)13-7-14(23)9-15(24)8-13/h2-3,6-9,12,16,18-19H,4-5,10-11H2,1H3/t12-,16?,18-,19+,22?/m0/s1. The van der Waals surface area contributed by atoms with Gasteiger partial charge in [-0.05, 0) is 49.6 Å². The van der Waals surface area contributed by atoms with Crippen molar-refractivity contribution in [3.05, 3.63) is 65.2 Å². The van der Waals surface area contributed by atoms with Crippen molar-refractivity contribution in [1.82, 2.24) is 9.88 Å². The fourth-order valence-electron chi connectivity index (χ4n) is 4.90. The number of hydrogen-bond acceptors (Lipinski definition) is 4. The Morgan fingerprint density at radius 3 is 2.63 bits per heavy atom. The zero-order valence-corrected chi connectivity index (χ0v) is 16.4. The van der Waals surface area contributed by atoms with Crippen LogP contribution in [-0.4, -0.2) is 33.7 Å². The largest absolute Gasteiger partial charge is 0.369 e. The fraction of sp³-hybridized carbons (Fsp3) is 0.455. The molecule has 5 rings (SSSR count). The lowest BCUT2D eigenvalue weighted by Crippen LogP contribution is -2.55. The van der Waals surface area contributed by atoms with Gasteiger partial charge in [0.2, 0.25) is 0 Å². The second-order valence-corrected chi connectivity index (χ2v) is 8.25. The van der Waals surface area contributed by atoms with Gasteiger partial charge in [-0.1, -0.05) is 0 Å². The van der Waals surface area contributed by atoms with E-state index >= 15 is 0 Å². The van der Waals surface area contributed by atoms with Crippen LogP contribution in [0.5, 0.6) is 0 Å². The number of pyridine rings is 1. The molecule has 2 aliphatic heterocycles. The molecule has 3 fully saturated rings. The first-order chi connectivity index (χ1) is 14.4. The number of aromatic nitrogens is 1. The number of hydrogen-bond donors (Lipinski definition) is 0. The highest BCUT2D eigenvalue weighted by molar-refractivity contribution is 5.89. The minimum atomic E-state index is -0.970. The number of benzene rings is 1. The average molecular weight is 418 g/mol. The maximum absolute atomic E-state index is 13.9. The summed E-state index contributed by atoms with van der Waals surface area (Å²) in [7, 11) is 0. The normalized spacial score (nSPS) is 31.1. The molecule has 1 saturated carbocycles. The minimum absolute atomic E-state index is 0.170. The monoisotopic (exact) mass is 418 g/mol. The van der Waals surface area contributed by atoms with Crippen molar-refractivity contribution in [2.24, 2.45) is 0 Å². The molecule has 5 nitrogen and oxygen atoms in total. The van der Waals surface area contributed by atoms with Gasteiger partial charge in [-0.2, -0.15) is 0 Å². The molecule has 1 amide bonds. The van der Waals surface area contributed by atoms with Crippen molar-refractivity contribution in [1.29, 1.82) is 0 Å². The van der Waals surface area contributed by atoms with Gasteiger partial charge in [0.05, 0.1) is 18.2 Å². The Kier molecular flexibility index (Phi) is 4.59. The number of carbonyl (C=O) groups excluding carboxylic acids is 1. The van der Waals surface area contributed by atoms with Crippen LogP contribution < -0.4 is 0 Å². The molecular weight excluding hydrogens is 397 g/mol. The van der Waals surface area contributed by atoms with Crippen molar-refractivity contribution in [3.63, 3.8) is 0 Å². The fourth-order valence-corrected chi connectivity index (χ4v) is 4.90. The first kappa shape index (κ1) is 19.5. The van der Waals surface area contributed by atoms with E-state index in [1.807, 2.05) is 0 Å². The Bertz CT molecular complexity index is 975. The van der Waals surface area contributed by atoms with Gasteiger partial charge in [-0.3, -0.25) is 9.78 Å². The van der Waals surface area contributed by atoms with Gasteiger partial charge < -0.3 is 14.4 Å². The first-order valence-electron chi connectivity index (χ1n) is 10.1. The van der Waals surface area contributed by atoms with E-state index in [0.717, 1.165) is 6.07 Å². The predicted octanol–water partition coefficient (Wildman–Crippen LogP) is 4.20. The van der Waals surface area contributed by atoms with E-state index in [1.165, 1.54) is 30.5 Å². The van der Waals surface area contributed by atoms with E-state index in [1.54, 1.807) is 11.8 Å². The summed E-state index contributed by atoms with van der Waals surface area (Å²) in [5.41, 5.74) is -0.302. The van der Waals surface area contributed by atoms with E-state index in [-0.39, 0.29) is 17.7 Å². The SMILES string of the molecule is C[C@H](OC1CC2(C1)O[C@@H]1CC[C@@H](c3cc(F)cc(F)c3)N1C2=O)c1ncccc1F. The summed E-state index contributed by atoms with van der Waals surface area (Å²) in [6.07, 6.45) is 2.23. The van der Waals surface area contributed by atoms with E-state index in [4.69, 9.17) is 9.47 Å². The third-order valence-electron chi connectivity index (χ3n) is 6.27. The predicted molar refractivity (Wildman–Crippen MR) is 99.5 cm³/mol. The molecule has 3 atom stereocenters. The van der Waals surface area contributed by atoms with Crippen LogP contribution >= 0.6 is 0 Å². The molecule has 0 N–H and O–H groups in total. The smallest absolute Gasteiger partial charge is 0.257 e. The number of amides is 1. The molecule has 30 heavy (non-hydrogen) atoms. The van der Waals surface area contributed by atoms with E-state index in [2.05, 4.69) is 4.98 Å². The highest BCUT2D eigenvalue weighted by atomic mass is 19.1. The molecule has 8 heteroatoms. The Morgan fingerprint density at radius 2 is 1.93 bits per heavy atom. The summed E-state index contributed by atoms with van der Waals surface area (Å²) in [6, 6.07) is 5.79. The summed E-state index contributed by atoms with van der Waals surface area (Å²) in [6.45, 7) is 1.72. The Morgan fingerprint density at radius 1 is 1.20 bits per heavy atom. The number of rotatable bonds is 4. The molecule has 3 aliphatic rings. The maximum Gasteiger partial charge on any atom is 0.257 e. The number of halogens is 3. The van der Waals surface area contributed by atoms with Crippen LogP contribution in [0.4, 0.5) is 13.2 Å². The molecule has 2 saturated heterocycles. The number of carbonyl (C=O) groups is 1.